The summed E-state index contributed by atoms with van der Waals surface area (Å²) in [5.74, 6) is 0.0278. The largest absolute Gasteiger partial charge is 0.350 e. The molecule has 0 saturated heterocycles. The van der Waals surface area contributed by atoms with Crippen LogP contribution < -0.4 is 5.32 Å². The number of benzene rings is 1. The van der Waals surface area contributed by atoms with Crippen molar-refractivity contribution in [2.45, 2.75) is 13.1 Å². The molecule has 0 fully saturated rings. The molecule has 2 rings (SSSR count). The third-order valence-corrected chi connectivity index (χ3v) is 2.32. The van der Waals surface area contributed by atoms with E-state index >= 15 is 0 Å². The van der Waals surface area contributed by atoms with Crippen molar-refractivity contribution in [1.82, 2.24) is 9.88 Å². The average molecular weight is 214 g/mol. The van der Waals surface area contributed by atoms with Crippen LogP contribution in [0.5, 0.6) is 0 Å². The van der Waals surface area contributed by atoms with Crippen molar-refractivity contribution in [3.05, 3.63) is 60.4 Å². The van der Waals surface area contributed by atoms with Crippen LogP contribution in [0.15, 0.2) is 54.9 Å². The number of hydrogen-bond acceptors (Lipinski definition) is 1. The zero-order valence-corrected chi connectivity index (χ0v) is 8.97. The number of hydrogen-bond donors (Lipinski definition) is 1. The predicted octanol–water partition coefficient (Wildman–Crippen LogP) is 1.80. The molecule has 0 radical (unpaired) electrons. The van der Waals surface area contributed by atoms with Crippen molar-refractivity contribution in [1.29, 1.82) is 0 Å². The van der Waals surface area contributed by atoms with Crippen LogP contribution in [0.4, 0.5) is 0 Å². The van der Waals surface area contributed by atoms with Gasteiger partial charge in [0, 0.05) is 18.9 Å². The van der Waals surface area contributed by atoms with Crippen molar-refractivity contribution in [3.8, 4) is 0 Å². The van der Waals surface area contributed by atoms with Crippen LogP contribution >= 0.6 is 0 Å². The first-order valence-corrected chi connectivity index (χ1v) is 5.26. The number of carbonyl (C=O) groups excluding carboxylic acids is 1. The van der Waals surface area contributed by atoms with Gasteiger partial charge in [0.2, 0.25) is 5.91 Å². The highest BCUT2D eigenvalue weighted by Crippen LogP contribution is 1.97. The summed E-state index contributed by atoms with van der Waals surface area (Å²) in [5.41, 5.74) is 1.11. The second-order valence-electron chi connectivity index (χ2n) is 3.62. The summed E-state index contributed by atoms with van der Waals surface area (Å²) in [6, 6.07) is 13.7. The molecule has 0 spiro atoms. The first-order chi connectivity index (χ1) is 7.84. The van der Waals surface area contributed by atoms with E-state index in [9.17, 15) is 4.79 Å². The van der Waals surface area contributed by atoms with Crippen LogP contribution in [0.2, 0.25) is 0 Å². The minimum Gasteiger partial charge on any atom is -0.350 e. The van der Waals surface area contributed by atoms with E-state index in [1.54, 1.807) is 0 Å². The van der Waals surface area contributed by atoms with Crippen LogP contribution in [0.25, 0.3) is 0 Å². The third-order valence-electron chi connectivity index (χ3n) is 2.32. The van der Waals surface area contributed by atoms with E-state index in [-0.39, 0.29) is 5.91 Å². The Labute approximate surface area is 94.7 Å². The van der Waals surface area contributed by atoms with Gasteiger partial charge in [-0.15, -0.1) is 0 Å². The van der Waals surface area contributed by atoms with Crippen LogP contribution in [0.1, 0.15) is 5.56 Å². The highest BCUT2D eigenvalue weighted by atomic mass is 16.1. The fourth-order valence-electron chi connectivity index (χ4n) is 1.49. The summed E-state index contributed by atoms with van der Waals surface area (Å²) in [4.78, 5) is 11.6. The van der Waals surface area contributed by atoms with Gasteiger partial charge in [0.25, 0.3) is 0 Å². The lowest BCUT2D eigenvalue weighted by Crippen LogP contribution is -2.26. The van der Waals surface area contributed by atoms with Gasteiger partial charge in [0.05, 0.1) is 0 Å². The van der Waals surface area contributed by atoms with Gasteiger partial charge >= 0.3 is 0 Å². The Morgan fingerprint density at radius 3 is 2.44 bits per heavy atom. The van der Waals surface area contributed by atoms with Crippen LogP contribution in [0.3, 0.4) is 0 Å². The van der Waals surface area contributed by atoms with Gasteiger partial charge in [0.15, 0.2) is 0 Å². The first kappa shape index (κ1) is 10.5. The summed E-state index contributed by atoms with van der Waals surface area (Å²) in [7, 11) is 0. The molecule has 0 bridgehead atoms. The highest BCUT2D eigenvalue weighted by Gasteiger charge is 2.00. The molecule has 3 heteroatoms. The van der Waals surface area contributed by atoms with Gasteiger partial charge in [-0.1, -0.05) is 30.3 Å². The van der Waals surface area contributed by atoms with E-state index < -0.39 is 0 Å². The summed E-state index contributed by atoms with van der Waals surface area (Å²) < 4.78 is 1.85. The molecule has 16 heavy (non-hydrogen) atoms. The molecular weight excluding hydrogens is 200 g/mol. The topological polar surface area (TPSA) is 34.0 Å². The monoisotopic (exact) mass is 214 g/mol. The van der Waals surface area contributed by atoms with Gasteiger partial charge in [-0.25, -0.2) is 0 Å². The minimum absolute atomic E-state index is 0.0278. The van der Waals surface area contributed by atoms with Gasteiger partial charge in [-0.2, -0.15) is 0 Å². The molecule has 0 unspecified atom stereocenters. The van der Waals surface area contributed by atoms with Crippen LogP contribution in [-0.4, -0.2) is 10.5 Å². The van der Waals surface area contributed by atoms with Gasteiger partial charge in [-0.3, -0.25) is 4.79 Å². The van der Waals surface area contributed by atoms with E-state index in [1.807, 2.05) is 59.4 Å². The fraction of sp³-hybridized carbons (Fsp3) is 0.154. The van der Waals surface area contributed by atoms with Gasteiger partial charge in [-0.05, 0) is 17.7 Å². The molecule has 1 aromatic carbocycles. The molecule has 1 N–H and O–H groups in total. The lowest BCUT2D eigenvalue weighted by Gasteiger charge is -2.05. The smallest absolute Gasteiger partial charge is 0.240 e. The second-order valence-corrected chi connectivity index (χ2v) is 3.62. The Morgan fingerprint density at radius 1 is 1.06 bits per heavy atom. The quantitative estimate of drug-likeness (QED) is 0.827. The Hall–Kier alpha value is -2.03. The van der Waals surface area contributed by atoms with E-state index in [4.69, 9.17) is 0 Å². The predicted molar refractivity (Wildman–Crippen MR) is 62.7 cm³/mol. The number of carbonyl (C=O) groups is 1. The molecule has 3 nitrogen and oxygen atoms in total. The van der Waals surface area contributed by atoms with E-state index in [2.05, 4.69) is 5.32 Å². The standard InChI is InChI=1S/C13H14N2O/c16-13(11-15-8-4-5-9-15)14-10-12-6-2-1-3-7-12/h1-9H,10-11H2,(H,14,16). The maximum Gasteiger partial charge on any atom is 0.240 e. The summed E-state index contributed by atoms with van der Waals surface area (Å²) >= 11 is 0. The summed E-state index contributed by atoms with van der Waals surface area (Å²) in [6.07, 6.45) is 3.75. The molecule has 2 aromatic rings. The maximum absolute atomic E-state index is 11.6. The summed E-state index contributed by atoms with van der Waals surface area (Å²) in [6.45, 7) is 0.959. The number of aromatic nitrogens is 1. The molecule has 0 saturated carbocycles. The second kappa shape index (κ2) is 5.16. The molecule has 0 aliphatic carbocycles. The van der Waals surface area contributed by atoms with E-state index in [0.717, 1.165) is 5.56 Å². The minimum atomic E-state index is 0.0278. The molecule has 1 heterocycles. The Bertz CT molecular complexity index is 434. The number of amides is 1. The lowest BCUT2D eigenvalue weighted by molar-refractivity contribution is -0.121. The van der Waals surface area contributed by atoms with Crippen molar-refractivity contribution < 1.29 is 4.79 Å². The Kier molecular flexibility index (Phi) is 3.38. The average Bonchev–Trinajstić information content (AvgIpc) is 2.81. The lowest BCUT2D eigenvalue weighted by atomic mass is 10.2. The molecule has 0 atom stereocenters. The molecule has 1 amide bonds. The number of nitrogens with one attached hydrogen (secondary N) is 1. The van der Waals surface area contributed by atoms with Crippen LogP contribution in [0, 0.1) is 0 Å². The van der Waals surface area contributed by atoms with Crippen molar-refractivity contribution >= 4 is 5.91 Å². The molecule has 82 valence electrons. The highest BCUT2D eigenvalue weighted by molar-refractivity contribution is 5.75. The van der Waals surface area contributed by atoms with E-state index in [0.29, 0.717) is 13.1 Å². The molecular formula is C13H14N2O. The molecule has 0 aliphatic rings. The Balaban J connectivity index is 1.80. The number of nitrogens with zero attached hydrogens (tertiary/aromatic N) is 1. The maximum atomic E-state index is 11.6. The van der Waals surface area contributed by atoms with E-state index in [1.165, 1.54) is 0 Å². The van der Waals surface area contributed by atoms with Crippen molar-refractivity contribution in [3.63, 3.8) is 0 Å². The number of rotatable bonds is 4. The van der Waals surface area contributed by atoms with Crippen LogP contribution in [-0.2, 0) is 17.9 Å². The molecule has 1 aromatic heterocycles. The fourth-order valence-corrected chi connectivity index (χ4v) is 1.49. The normalized spacial score (nSPS) is 10.0. The zero-order valence-electron chi connectivity index (χ0n) is 8.97. The van der Waals surface area contributed by atoms with Gasteiger partial charge in [0.1, 0.15) is 6.54 Å². The third kappa shape index (κ3) is 2.98. The SMILES string of the molecule is O=C(Cn1cccc1)NCc1ccccc1. The van der Waals surface area contributed by atoms with Crippen molar-refractivity contribution in [2.75, 3.05) is 0 Å². The molecule has 0 aliphatic heterocycles. The Morgan fingerprint density at radius 2 is 1.75 bits per heavy atom. The zero-order chi connectivity index (χ0) is 11.2. The first-order valence-electron chi connectivity index (χ1n) is 5.26. The van der Waals surface area contributed by atoms with Crippen molar-refractivity contribution in [2.24, 2.45) is 0 Å². The van der Waals surface area contributed by atoms with Gasteiger partial charge < -0.3 is 9.88 Å². The summed E-state index contributed by atoms with van der Waals surface area (Å²) in [5, 5.41) is 2.88.